The summed E-state index contributed by atoms with van der Waals surface area (Å²) in [5, 5.41) is 0. The molecule has 1 unspecified atom stereocenters. The number of aryl methyl sites for hydroxylation is 1. The van der Waals surface area contributed by atoms with Crippen molar-refractivity contribution in [1.29, 1.82) is 0 Å². The van der Waals surface area contributed by atoms with Crippen LogP contribution in [0.1, 0.15) is 22.9 Å². The van der Waals surface area contributed by atoms with Crippen molar-refractivity contribution in [3.8, 4) is 5.75 Å². The lowest BCUT2D eigenvalue weighted by molar-refractivity contribution is 0.408. The summed E-state index contributed by atoms with van der Waals surface area (Å²) >= 11 is 3.48. The fourth-order valence-electron chi connectivity index (χ4n) is 2.14. The quantitative estimate of drug-likeness (QED) is 0.939. The van der Waals surface area contributed by atoms with Gasteiger partial charge in [-0.15, -0.1) is 0 Å². The molecule has 19 heavy (non-hydrogen) atoms. The smallest absolute Gasteiger partial charge is 0.122 e. The van der Waals surface area contributed by atoms with Crippen LogP contribution in [0, 0.1) is 6.92 Å². The van der Waals surface area contributed by atoms with Crippen molar-refractivity contribution in [3.63, 3.8) is 0 Å². The number of rotatable bonds is 4. The van der Waals surface area contributed by atoms with Crippen LogP contribution in [-0.2, 0) is 6.42 Å². The molecule has 2 aromatic rings. The van der Waals surface area contributed by atoms with Crippen molar-refractivity contribution in [3.05, 3.63) is 57.8 Å². The van der Waals surface area contributed by atoms with Gasteiger partial charge in [0, 0.05) is 22.4 Å². The molecule has 2 N–H and O–H groups in total. The molecule has 0 fully saturated rings. The number of pyridine rings is 1. The minimum atomic E-state index is -0.0862. The van der Waals surface area contributed by atoms with E-state index in [-0.39, 0.29) is 6.04 Å². The summed E-state index contributed by atoms with van der Waals surface area (Å²) in [6.45, 7) is 1.98. The fraction of sp³-hybridized carbons (Fsp3) is 0.267. The molecule has 1 aromatic carbocycles. The third-order valence-electron chi connectivity index (χ3n) is 3.13. The Kier molecular flexibility index (Phi) is 4.56. The topological polar surface area (TPSA) is 48.1 Å². The Morgan fingerprint density at radius 2 is 2.16 bits per heavy atom. The van der Waals surface area contributed by atoms with Gasteiger partial charge in [0.05, 0.1) is 7.11 Å². The molecule has 2 rings (SSSR count). The highest BCUT2D eigenvalue weighted by Crippen LogP contribution is 2.27. The van der Waals surface area contributed by atoms with Crippen molar-refractivity contribution >= 4 is 15.9 Å². The predicted molar refractivity (Wildman–Crippen MR) is 80.3 cm³/mol. The van der Waals surface area contributed by atoms with E-state index in [2.05, 4.69) is 20.9 Å². The predicted octanol–water partition coefficient (Wildman–Crippen LogP) is 3.40. The normalized spacial score (nSPS) is 12.2. The number of methoxy groups -OCH3 is 1. The lowest BCUT2D eigenvalue weighted by Crippen LogP contribution is -2.15. The Hall–Kier alpha value is -1.39. The van der Waals surface area contributed by atoms with Crippen molar-refractivity contribution in [2.45, 2.75) is 19.4 Å². The molecular formula is C15H17BrN2O. The number of hydrogen-bond donors (Lipinski definition) is 1. The van der Waals surface area contributed by atoms with Gasteiger partial charge in [0.25, 0.3) is 0 Å². The molecule has 0 aliphatic carbocycles. The largest absolute Gasteiger partial charge is 0.496 e. The summed E-state index contributed by atoms with van der Waals surface area (Å²) in [4.78, 5) is 4.28. The summed E-state index contributed by atoms with van der Waals surface area (Å²) in [6, 6.07) is 9.81. The summed E-state index contributed by atoms with van der Waals surface area (Å²) in [6.07, 6.45) is 2.50. The Bertz CT molecular complexity index is 572. The van der Waals surface area contributed by atoms with Gasteiger partial charge in [-0.1, -0.05) is 22.0 Å². The molecule has 100 valence electrons. The zero-order valence-corrected chi connectivity index (χ0v) is 12.6. The second-order valence-electron chi connectivity index (χ2n) is 4.44. The molecule has 3 nitrogen and oxygen atoms in total. The van der Waals surface area contributed by atoms with Crippen molar-refractivity contribution < 1.29 is 4.74 Å². The van der Waals surface area contributed by atoms with E-state index in [4.69, 9.17) is 10.5 Å². The average Bonchev–Trinajstić information content (AvgIpc) is 2.39. The van der Waals surface area contributed by atoms with Crippen LogP contribution in [0.5, 0.6) is 5.75 Å². The molecule has 0 spiro atoms. The van der Waals surface area contributed by atoms with Crippen LogP contribution in [0.25, 0.3) is 0 Å². The van der Waals surface area contributed by atoms with Gasteiger partial charge < -0.3 is 10.5 Å². The fourth-order valence-corrected chi connectivity index (χ4v) is 2.55. The second kappa shape index (κ2) is 6.17. The molecule has 4 heteroatoms. The summed E-state index contributed by atoms with van der Waals surface area (Å²) < 4.78 is 6.40. The van der Waals surface area contributed by atoms with E-state index in [1.807, 2.05) is 37.3 Å². The van der Waals surface area contributed by atoms with E-state index in [1.165, 1.54) is 0 Å². The van der Waals surface area contributed by atoms with E-state index >= 15 is 0 Å². The van der Waals surface area contributed by atoms with Gasteiger partial charge in [-0.25, -0.2) is 0 Å². The van der Waals surface area contributed by atoms with Crippen LogP contribution in [0.15, 0.2) is 41.0 Å². The third kappa shape index (κ3) is 3.33. The maximum atomic E-state index is 6.29. The summed E-state index contributed by atoms with van der Waals surface area (Å²) in [5.41, 5.74) is 9.43. The Balaban J connectivity index is 2.26. The Morgan fingerprint density at radius 1 is 1.37 bits per heavy atom. The number of benzene rings is 1. The lowest BCUT2D eigenvalue weighted by atomic mass is 9.98. The van der Waals surface area contributed by atoms with Crippen LogP contribution in [0.3, 0.4) is 0 Å². The number of halogens is 1. The maximum Gasteiger partial charge on any atom is 0.122 e. The zero-order chi connectivity index (χ0) is 13.8. The summed E-state index contributed by atoms with van der Waals surface area (Å²) in [5.74, 6) is 0.861. The van der Waals surface area contributed by atoms with Gasteiger partial charge in [0.2, 0.25) is 0 Å². The molecule has 0 bridgehead atoms. The zero-order valence-electron chi connectivity index (χ0n) is 11.1. The molecule has 0 saturated heterocycles. The van der Waals surface area contributed by atoms with Gasteiger partial charge in [-0.2, -0.15) is 0 Å². The third-order valence-corrected chi connectivity index (χ3v) is 3.62. The van der Waals surface area contributed by atoms with Crippen LogP contribution < -0.4 is 10.5 Å². The number of hydrogen-bond acceptors (Lipinski definition) is 3. The first kappa shape index (κ1) is 14.0. The highest BCUT2D eigenvalue weighted by Gasteiger charge is 2.13. The molecule has 0 amide bonds. The molecule has 0 radical (unpaired) electrons. The summed E-state index contributed by atoms with van der Waals surface area (Å²) in [7, 11) is 1.67. The van der Waals surface area contributed by atoms with Crippen LogP contribution in [0.2, 0.25) is 0 Å². The van der Waals surface area contributed by atoms with Gasteiger partial charge in [-0.05, 0) is 48.7 Å². The highest BCUT2D eigenvalue weighted by atomic mass is 79.9. The average molecular weight is 321 g/mol. The van der Waals surface area contributed by atoms with E-state index in [0.29, 0.717) is 0 Å². The van der Waals surface area contributed by atoms with E-state index < -0.39 is 0 Å². The second-order valence-corrected chi connectivity index (χ2v) is 5.36. The SMILES string of the molecule is COc1ccc(Br)cc1CC(N)c1cccnc1C. The van der Waals surface area contributed by atoms with Crippen LogP contribution in [0.4, 0.5) is 0 Å². The maximum absolute atomic E-state index is 6.29. The van der Waals surface area contributed by atoms with Crippen LogP contribution >= 0.6 is 15.9 Å². The molecule has 0 saturated carbocycles. The first-order chi connectivity index (χ1) is 9.11. The Morgan fingerprint density at radius 3 is 2.84 bits per heavy atom. The van der Waals surface area contributed by atoms with E-state index in [9.17, 15) is 0 Å². The standard InChI is InChI=1S/C15H17BrN2O/c1-10-13(4-3-7-18-10)14(17)9-11-8-12(16)5-6-15(11)19-2/h3-8,14H,9,17H2,1-2H3. The van der Waals surface area contributed by atoms with Gasteiger partial charge in [0.15, 0.2) is 0 Å². The van der Waals surface area contributed by atoms with Gasteiger partial charge in [0.1, 0.15) is 5.75 Å². The molecule has 0 aliphatic heterocycles. The number of nitrogens with zero attached hydrogens (tertiary/aromatic N) is 1. The number of nitrogens with two attached hydrogens (primary N) is 1. The van der Waals surface area contributed by atoms with E-state index in [0.717, 1.165) is 33.5 Å². The van der Waals surface area contributed by atoms with Gasteiger partial charge in [-0.3, -0.25) is 4.98 Å². The molecule has 1 atom stereocenters. The van der Waals surface area contributed by atoms with Crippen molar-refractivity contribution in [1.82, 2.24) is 4.98 Å². The van der Waals surface area contributed by atoms with Crippen molar-refractivity contribution in [2.24, 2.45) is 5.73 Å². The lowest BCUT2D eigenvalue weighted by Gasteiger charge is -2.16. The first-order valence-corrected chi connectivity index (χ1v) is 6.90. The van der Waals surface area contributed by atoms with Crippen LogP contribution in [-0.4, -0.2) is 12.1 Å². The molecule has 0 aliphatic rings. The minimum absolute atomic E-state index is 0.0862. The number of aromatic nitrogens is 1. The highest BCUT2D eigenvalue weighted by molar-refractivity contribution is 9.10. The first-order valence-electron chi connectivity index (χ1n) is 6.11. The molecule has 1 heterocycles. The minimum Gasteiger partial charge on any atom is -0.496 e. The monoisotopic (exact) mass is 320 g/mol. The van der Waals surface area contributed by atoms with Gasteiger partial charge >= 0.3 is 0 Å². The molecule has 1 aromatic heterocycles. The number of ether oxygens (including phenoxy) is 1. The van der Waals surface area contributed by atoms with Crippen molar-refractivity contribution in [2.75, 3.05) is 7.11 Å². The molecular weight excluding hydrogens is 304 g/mol. The van der Waals surface area contributed by atoms with E-state index in [1.54, 1.807) is 13.3 Å². The Labute approximate surface area is 121 Å².